The van der Waals surface area contributed by atoms with Gasteiger partial charge in [0.1, 0.15) is 5.76 Å². The van der Waals surface area contributed by atoms with Crippen LogP contribution in [0.25, 0.3) is 0 Å². The maximum absolute atomic E-state index is 14.6. The molecule has 28 heavy (non-hydrogen) atoms. The first-order valence-corrected chi connectivity index (χ1v) is 9.92. The summed E-state index contributed by atoms with van der Waals surface area (Å²) in [5.74, 6) is -0.901. The highest BCUT2D eigenvalue weighted by Gasteiger charge is 2.55. The third kappa shape index (κ3) is 2.75. The molecule has 3 atom stereocenters. The van der Waals surface area contributed by atoms with Gasteiger partial charge >= 0.3 is 0 Å². The number of rotatable bonds is 3. The van der Waals surface area contributed by atoms with E-state index in [0.717, 1.165) is 37.7 Å². The zero-order valence-corrected chi connectivity index (χ0v) is 15.8. The largest absolute Gasteiger partial charge is 0.361 e. The predicted octanol–water partition coefficient (Wildman–Crippen LogP) is 2.89. The smallest absolute Gasteiger partial charge is 0.230 e. The molecule has 1 aromatic heterocycles. The van der Waals surface area contributed by atoms with E-state index in [4.69, 9.17) is 4.52 Å². The second-order valence-corrected chi connectivity index (χ2v) is 8.26. The van der Waals surface area contributed by atoms with Crippen LogP contribution in [-0.4, -0.2) is 52.6 Å². The molecule has 148 valence electrons. The molecule has 5 heterocycles. The lowest BCUT2D eigenvalue weighted by atomic mass is 9.75. The molecule has 7 heteroatoms. The molecule has 4 fully saturated rings. The molecule has 2 bridgehead atoms. The monoisotopic (exact) mass is 387 g/mol. The molecule has 4 aliphatic rings. The molecule has 5 nitrogen and oxygen atoms in total. The van der Waals surface area contributed by atoms with Crippen molar-refractivity contribution in [2.24, 2.45) is 5.92 Å². The minimum Gasteiger partial charge on any atom is -0.361 e. The van der Waals surface area contributed by atoms with Crippen LogP contribution in [0.3, 0.4) is 0 Å². The Kier molecular flexibility index (Phi) is 4.23. The van der Waals surface area contributed by atoms with Crippen molar-refractivity contribution in [3.8, 4) is 0 Å². The summed E-state index contributed by atoms with van der Waals surface area (Å²) in [6.45, 7) is 4.15. The normalized spacial score (nSPS) is 31.2. The predicted molar refractivity (Wildman–Crippen MR) is 97.6 cm³/mol. The standard InChI is InChI=1S/C21H23F2N3O2/c1-12-9-14(28-24-12)10-18(27)26-11-16(15-3-2-4-17(22)19(15)23)21-20(26)13-5-7-25(21)8-6-13/h2-4,9,13,16,20-21H,5-8,10-11H2,1H3/t16-,20+,21+/m0/s1. The lowest BCUT2D eigenvalue weighted by Crippen LogP contribution is -2.60. The molecule has 4 saturated heterocycles. The Bertz CT molecular complexity index is 907. The molecule has 1 aromatic carbocycles. The zero-order valence-electron chi connectivity index (χ0n) is 15.8. The van der Waals surface area contributed by atoms with Gasteiger partial charge in [0, 0.05) is 24.6 Å². The van der Waals surface area contributed by atoms with E-state index in [1.54, 1.807) is 18.2 Å². The third-order valence-corrected chi connectivity index (χ3v) is 6.70. The quantitative estimate of drug-likeness (QED) is 0.813. The number of carbonyl (C=O) groups is 1. The topological polar surface area (TPSA) is 49.6 Å². The van der Waals surface area contributed by atoms with Gasteiger partial charge in [-0.15, -0.1) is 0 Å². The highest BCUT2D eigenvalue weighted by Crippen LogP contribution is 2.47. The summed E-state index contributed by atoms with van der Waals surface area (Å²) in [6, 6.07) is 6.23. The van der Waals surface area contributed by atoms with Crippen molar-refractivity contribution in [2.45, 2.75) is 44.2 Å². The number of fused-ring (bicyclic) bond motifs is 2. The van der Waals surface area contributed by atoms with Crippen LogP contribution in [-0.2, 0) is 11.2 Å². The number of hydrogen-bond donors (Lipinski definition) is 0. The number of likely N-dealkylation sites (tertiary alicyclic amines) is 1. The van der Waals surface area contributed by atoms with Gasteiger partial charge in [-0.2, -0.15) is 0 Å². The van der Waals surface area contributed by atoms with Gasteiger partial charge in [0.25, 0.3) is 0 Å². The Labute approximate surface area is 162 Å². The van der Waals surface area contributed by atoms with Gasteiger partial charge in [0.05, 0.1) is 18.2 Å². The number of halogens is 2. The number of amides is 1. The van der Waals surface area contributed by atoms with Crippen molar-refractivity contribution in [3.05, 3.63) is 52.9 Å². The van der Waals surface area contributed by atoms with Crippen LogP contribution in [0.5, 0.6) is 0 Å². The van der Waals surface area contributed by atoms with E-state index < -0.39 is 11.6 Å². The molecule has 0 N–H and O–H groups in total. The number of benzene rings is 1. The Hall–Kier alpha value is -2.28. The number of aryl methyl sites for hydroxylation is 1. The summed E-state index contributed by atoms with van der Waals surface area (Å²) < 4.78 is 33.7. The number of nitrogens with zero attached hydrogens (tertiary/aromatic N) is 3. The first-order valence-electron chi connectivity index (χ1n) is 9.92. The molecule has 0 aliphatic carbocycles. The van der Waals surface area contributed by atoms with Gasteiger partial charge in [-0.3, -0.25) is 9.69 Å². The van der Waals surface area contributed by atoms with Gasteiger partial charge in [0.2, 0.25) is 5.91 Å². The molecule has 4 aliphatic heterocycles. The van der Waals surface area contributed by atoms with Gasteiger partial charge < -0.3 is 9.42 Å². The Morgan fingerprint density at radius 1 is 1.25 bits per heavy atom. The minimum absolute atomic E-state index is 0.0285. The van der Waals surface area contributed by atoms with E-state index in [0.29, 0.717) is 23.8 Å². The number of piperidine rings is 3. The second kappa shape index (κ2) is 6.65. The Balaban J connectivity index is 1.48. The van der Waals surface area contributed by atoms with Crippen molar-refractivity contribution >= 4 is 5.91 Å². The van der Waals surface area contributed by atoms with Crippen LogP contribution >= 0.6 is 0 Å². The van der Waals surface area contributed by atoms with Gasteiger partial charge in [-0.1, -0.05) is 17.3 Å². The van der Waals surface area contributed by atoms with Crippen molar-refractivity contribution in [1.29, 1.82) is 0 Å². The number of aromatic nitrogens is 1. The molecule has 0 unspecified atom stereocenters. The fraction of sp³-hybridized carbons (Fsp3) is 0.524. The van der Waals surface area contributed by atoms with Gasteiger partial charge in [-0.25, -0.2) is 8.78 Å². The fourth-order valence-electron chi connectivity index (χ4n) is 5.53. The lowest BCUT2D eigenvalue weighted by Gasteiger charge is -2.51. The molecular weight excluding hydrogens is 364 g/mol. The van der Waals surface area contributed by atoms with Gasteiger partial charge in [-0.05, 0) is 50.4 Å². The maximum atomic E-state index is 14.6. The zero-order chi connectivity index (χ0) is 19.4. The summed E-state index contributed by atoms with van der Waals surface area (Å²) in [4.78, 5) is 17.4. The molecule has 0 radical (unpaired) electrons. The van der Waals surface area contributed by atoms with Crippen molar-refractivity contribution in [1.82, 2.24) is 15.0 Å². The van der Waals surface area contributed by atoms with Crippen molar-refractivity contribution in [2.75, 3.05) is 19.6 Å². The van der Waals surface area contributed by atoms with Crippen LogP contribution in [0.4, 0.5) is 8.78 Å². The molecule has 6 rings (SSSR count). The first kappa shape index (κ1) is 17.8. The summed E-state index contributed by atoms with van der Waals surface area (Å²) in [5.41, 5.74) is 1.12. The highest BCUT2D eigenvalue weighted by molar-refractivity contribution is 5.79. The Morgan fingerprint density at radius 2 is 2.04 bits per heavy atom. The van der Waals surface area contributed by atoms with E-state index in [1.807, 2.05) is 11.8 Å². The van der Waals surface area contributed by atoms with E-state index >= 15 is 0 Å². The first-order chi connectivity index (χ1) is 13.5. The number of carbonyl (C=O) groups excluding carboxylic acids is 1. The van der Waals surface area contributed by atoms with Crippen LogP contribution in [0.1, 0.15) is 35.8 Å². The molecule has 0 spiro atoms. The SMILES string of the molecule is Cc1cc(CC(=O)N2C[C@@H](c3cccc(F)c3F)[C@@H]3[C@H]2C2CCN3CC2)on1. The average Bonchev–Trinajstić information content (AvgIpc) is 3.30. The van der Waals surface area contributed by atoms with Crippen LogP contribution in [0.2, 0.25) is 0 Å². The summed E-state index contributed by atoms with van der Waals surface area (Å²) in [6.07, 6.45) is 2.24. The summed E-state index contributed by atoms with van der Waals surface area (Å²) in [5, 5.41) is 3.85. The highest BCUT2D eigenvalue weighted by atomic mass is 19.2. The summed E-state index contributed by atoms with van der Waals surface area (Å²) in [7, 11) is 0. The van der Waals surface area contributed by atoms with E-state index in [9.17, 15) is 13.6 Å². The van der Waals surface area contributed by atoms with E-state index in [2.05, 4.69) is 10.1 Å². The van der Waals surface area contributed by atoms with E-state index in [1.165, 1.54) is 0 Å². The van der Waals surface area contributed by atoms with Crippen molar-refractivity contribution in [3.63, 3.8) is 0 Å². The minimum atomic E-state index is -0.827. The number of hydrogen-bond acceptors (Lipinski definition) is 4. The Morgan fingerprint density at radius 3 is 2.75 bits per heavy atom. The van der Waals surface area contributed by atoms with Crippen molar-refractivity contribution < 1.29 is 18.1 Å². The van der Waals surface area contributed by atoms with Crippen LogP contribution in [0.15, 0.2) is 28.8 Å². The average molecular weight is 387 g/mol. The molecule has 0 saturated carbocycles. The van der Waals surface area contributed by atoms with Crippen LogP contribution < -0.4 is 0 Å². The summed E-state index contributed by atoms with van der Waals surface area (Å²) >= 11 is 0. The molecule has 1 amide bonds. The third-order valence-electron chi connectivity index (χ3n) is 6.70. The maximum Gasteiger partial charge on any atom is 0.230 e. The second-order valence-electron chi connectivity index (χ2n) is 8.26. The van der Waals surface area contributed by atoms with E-state index in [-0.39, 0.29) is 30.3 Å². The lowest BCUT2D eigenvalue weighted by molar-refractivity contribution is -0.135. The fourth-order valence-corrected chi connectivity index (χ4v) is 5.53. The molecular formula is C21H23F2N3O2. The van der Waals surface area contributed by atoms with Gasteiger partial charge in [0.15, 0.2) is 11.6 Å². The molecule has 2 aromatic rings. The van der Waals surface area contributed by atoms with Crippen LogP contribution in [0, 0.1) is 24.5 Å².